The number of hydrogen-bond acceptors (Lipinski definition) is 1. The molecular formula is C13H17N. The Balaban J connectivity index is 1.81. The molecule has 0 spiro atoms. The maximum absolute atomic E-state index is 2.66. The van der Waals surface area contributed by atoms with Gasteiger partial charge in [0.1, 0.15) is 0 Å². The van der Waals surface area contributed by atoms with Gasteiger partial charge in [-0.3, -0.25) is 4.90 Å². The molecule has 74 valence electrons. The summed E-state index contributed by atoms with van der Waals surface area (Å²) in [4.78, 5) is 2.66. The SMILES string of the molecule is c1cc2ccc1CN(C1CCCC1)C2. The molecular weight excluding hydrogens is 170 g/mol. The van der Waals surface area contributed by atoms with Crippen molar-refractivity contribution in [3.63, 3.8) is 0 Å². The van der Waals surface area contributed by atoms with Crippen molar-refractivity contribution in [3.05, 3.63) is 35.4 Å². The lowest BCUT2D eigenvalue weighted by Gasteiger charge is -2.26. The number of nitrogens with zero attached hydrogens (tertiary/aromatic N) is 1. The molecule has 0 N–H and O–H groups in total. The molecule has 2 aliphatic heterocycles. The normalized spacial score (nSPS) is 22.9. The van der Waals surface area contributed by atoms with Gasteiger partial charge in [-0.05, 0) is 24.0 Å². The second-order valence-electron chi connectivity index (χ2n) is 4.66. The third-order valence-corrected chi connectivity index (χ3v) is 3.64. The fraction of sp³-hybridized carbons (Fsp3) is 0.538. The zero-order valence-corrected chi connectivity index (χ0v) is 8.58. The monoisotopic (exact) mass is 187 g/mol. The van der Waals surface area contributed by atoms with Crippen LogP contribution in [-0.4, -0.2) is 10.9 Å². The van der Waals surface area contributed by atoms with Crippen LogP contribution < -0.4 is 0 Å². The van der Waals surface area contributed by atoms with Crippen molar-refractivity contribution in [2.75, 3.05) is 0 Å². The van der Waals surface area contributed by atoms with Crippen molar-refractivity contribution < 1.29 is 0 Å². The van der Waals surface area contributed by atoms with E-state index in [1.807, 2.05) is 0 Å². The summed E-state index contributed by atoms with van der Waals surface area (Å²) in [5, 5.41) is 0. The van der Waals surface area contributed by atoms with Crippen molar-refractivity contribution in [2.45, 2.75) is 44.8 Å². The number of rotatable bonds is 1. The fourth-order valence-electron chi connectivity index (χ4n) is 2.80. The topological polar surface area (TPSA) is 3.24 Å². The summed E-state index contributed by atoms with van der Waals surface area (Å²) in [6.45, 7) is 2.34. The summed E-state index contributed by atoms with van der Waals surface area (Å²) in [6, 6.07) is 9.99. The lowest BCUT2D eigenvalue weighted by Crippen LogP contribution is -2.30. The van der Waals surface area contributed by atoms with E-state index in [0.717, 1.165) is 6.04 Å². The highest BCUT2D eigenvalue weighted by molar-refractivity contribution is 5.25. The van der Waals surface area contributed by atoms with Crippen molar-refractivity contribution in [2.24, 2.45) is 0 Å². The second-order valence-corrected chi connectivity index (χ2v) is 4.66. The highest BCUT2D eigenvalue weighted by atomic mass is 15.2. The van der Waals surface area contributed by atoms with Gasteiger partial charge in [-0.25, -0.2) is 0 Å². The molecule has 0 saturated heterocycles. The van der Waals surface area contributed by atoms with Crippen LogP contribution in [0.2, 0.25) is 0 Å². The van der Waals surface area contributed by atoms with E-state index in [1.54, 1.807) is 0 Å². The fourth-order valence-corrected chi connectivity index (χ4v) is 2.80. The van der Waals surface area contributed by atoms with Crippen molar-refractivity contribution in [1.29, 1.82) is 0 Å². The Kier molecular flexibility index (Phi) is 2.06. The third-order valence-electron chi connectivity index (χ3n) is 3.64. The minimum absolute atomic E-state index is 0.861. The van der Waals surface area contributed by atoms with E-state index in [9.17, 15) is 0 Å². The molecule has 1 heteroatoms. The summed E-state index contributed by atoms with van der Waals surface area (Å²) in [5.74, 6) is 0. The minimum atomic E-state index is 0.861. The van der Waals surface area contributed by atoms with Gasteiger partial charge in [-0.15, -0.1) is 0 Å². The van der Waals surface area contributed by atoms with Gasteiger partial charge in [-0.2, -0.15) is 0 Å². The Morgan fingerprint density at radius 1 is 0.857 bits per heavy atom. The van der Waals surface area contributed by atoms with Gasteiger partial charge in [0.25, 0.3) is 0 Å². The van der Waals surface area contributed by atoms with Crippen molar-refractivity contribution in [3.8, 4) is 0 Å². The molecule has 1 saturated carbocycles. The Bertz CT molecular complexity index is 284. The quantitative estimate of drug-likeness (QED) is 0.653. The molecule has 0 aromatic heterocycles. The molecule has 1 aromatic rings. The zero-order chi connectivity index (χ0) is 9.38. The smallest absolute Gasteiger partial charge is 0.0240 e. The molecule has 2 heterocycles. The number of benzene rings is 1. The molecule has 0 atom stereocenters. The number of hydrogen-bond donors (Lipinski definition) is 0. The van der Waals surface area contributed by atoms with Crippen LogP contribution in [0, 0.1) is 0 Å². The van der Waals surface area contributed by atoms with Crippen molar-refractivity contribution in [1.82, 2.24) is 4.90 Å². The van der Waals surface area contributed by atoms with Crippen LogP contribution in [0.25, 0.3) is 0 Å². The van der Waals surface area contributed by atoms with Gasteiger partial charge in [-0.1, -0.05) is 37.1 Å². The highest BCUT2D eigenvalue weighted by Gasteiger charge is 2.24. The van der Waals surface area contributed by atoms with E-state index in [0.29, 0.717) is 0 Å². The van der Waals surface area contributed by atoms with E-state index in [2.05, 4.69) is 29.2 Å². The molecule has 1 aromatic carbocycles. The van der Waals surface area contributed by atoms with Crippen LogP contribution in [0.4, 0.5) is 0 Å². The molecule has 0 unspecified atom stereocenters. The molecule has 0 amide bonds. The van der Waals surface area contributed by atoms with Crippen LogP contribution in [0.1, 0.15) is 36.8 Å². The molecule has 1 aliphatic carbocycles. The molecule has 0 radical (unpaired) electrons. The first-order chi connectivity index (χ1) is 6.92. The zero-order valence-electron chi connectivity index (χ0n) is 8.58. The summed E-state index contributed by atoms with van der Waals surface area (Å²) < 4.78 is 0. The lowest BCUT2D eigenvalue weighted by molar-refractivity contribution is 0.184. The van der Waals surface area contributed by atoms with Gasteiger partial charge in [0.15, 0.2) is 0 Å². The Labute approximate surface area is 85.7 Å². The molecule has 2 bridgehead atoms. The third kappa shape index (κ3) is 1.46. The number of fused-ring (bicyclic) bond motifs is 4. The predicted octanol–water partition coefficient (Wildman–Crippen LogP) is 2.94. The van der Waals surface area contributed by atoms with Crippen LogP contribution in [0.15, 0.2) is 24.3 Å². The predicted molar refractivity (Wildman–Crippen MR) is 57.9 cm³/mol. The van der Waals surface area contributed by atoms with E-state index < -0.39 is 0 Å². The van der Waals surface area contributed by atoms with Gasteiger partial charge >= 0.3 is 0 Å². The van der Waals surface area contributed by atoms with Crippen LogP contribution in [0.3, 0.4) is 0 Å². The Morgan fingerprint density at radius 2 is 1.36 bits per heavy atom. The maximum Gasteiger partial charge on any atom is 0.0240 e. The summed E-state index contributed by atoms with van der Waals surface area (Å²) in [5.41, 5.74) is 2.97. The van der Waals surface area contributed by atoms with Gasteiger partial charge < -0.3 is 0 Å². The average molecular weight is 187 g/mol. The van der Waals surface area contributed by atoms with E-state index in [1.165, 1.54) is 49.9 Å². The molecule has 1 fully saturated rings. The maximum atomic E-state index is 2.66. The lowest BCUT2D eigenvalue weighted by atomic mass is 10.2. The van der Waals surface area contributed by atoms with Crippen LogP contribution >= 0.6 is 0 Å². The Hall–Kier alpha value is -0.820. The largest absolute Gasteiger partial charge is 0.292 e. The molecule has 3 aliphatic rings. The van der Waals surface area contributed by atoms with Crippen LogP contribution in [-0.2, 0) is 13.1 Å². The van der Waals surface area contributed by atoms with Gasteiger partial charge in [0, 0.05) is 19.1 Å². The summed E-state index contributed by atoms with van der Waals surface area (Å²) in [7, 11) is 0. The summed E-state index contributed by atoms with van der Waals surface area (Å²) >= 11 is 0. The van der Waals surface area contributed by atoms with E-state index in [4.69, 9.17) is 0 Å². The Morgan fingerprint density at radius 3 is 1.86 bits per heavy atom. The first kappa shape index (κ1) is 8.49. The molecule has 14 heavy (non-hydrogen) atoms. The van der Waals surface area contributed by atoms with Gasteiger partial charge in [0.2, 0.25) is 0 Å². The molecule has 1 nitrogen and oxygen atoms in total. The molecule has 4 rings (SSSR count). The highest BCUT2D eigenvalue weighted by Crippen LogP contribution is 2.28. The first-order valence-corrected chi connectivity index (χ1v) is 5.74. The van der Waals surface area contributed by atoms with Crippen molar-refractivity contribution >= 4 is 0 Å². The van der Waals surface area contributed by atoms with Crippen LogP contribution in [0.5, 0.6) is 0 Å². The minimum Gasteiger partial charge on any atom is -0.292 e. The van der Waals surface area contributed by atoms with E-state index >= 15 is 0 Å². The van der Waals surface area contributed by atoms with E-state index in [-0.39, 0.29) is 0 Å². The second kappa shape index (κ2) is 3.39. The average Bonchev–Trinajstić information content (AvgIpc) is 2.59. The van der Waals surface area contributed by atoms with Gasteiger partial charge in [0.05, 0.1) is 0 Å². The first-order valence-electron chi connectivity index (χ1n) is 5.74. The standard InChI is InChI=1S/C13H17N/c1-2-4-13(3-1)14-9-11-5-6-12(10-14)8-7-11/h5-8,13H,1-4,9-10H2. The summed E-state index contributed by atoms with van der Waals surface area (Å²) in [6.07, 6.45) is 5.71.